The van der Waals surface area contributed by atoms with Crippen LogP contribution in [0.1, 0.15) is 5.56 Å². The Bertz CT molecular complexity index is 1260. The van der Waals surface area contributed by atoms with Gasteiger partial charge in [-0.15, -0.1) is 15.7 Å². The summed E-state index contributed by atoms with van der Waals surface area (Å²) in [5.41, 5.74) is 3.76. The first-order valence-corrected chi connectivity index (χ1v) is 11.1. The standard InChI is InChI=1S/C22H18N2O2S2/c1-17-12-14-20(15-13-17)28(25,26)23-22-24(19-10-6-3-7-11-19)21(16-27-22)18-8-4-2-5-9-18/h2-16H,1H3. The van der Waals surface area contributed by atoms with Gasteiger partial charge >= 0.3 is 0 Å². The number of hydrogen-bond acceptors (Lipinski definition) is 3. The van der Waals surface area contributed by atoms with Gasteiger partial charge in [-0.3, -0.25) is 4.57 Å². The number of aryl methyl sites for hydroxylation is 1. The van der Waals surface area contributed by atoms with E-state index in [1.54, 1.807) is 24.3 Å². The summed E-state index contributed by atoms with van der Waals surface area (Å²) in [6, 6.07) is 26.3. The molecule has 4 nitrogen and oxygen atoms in total. The molecule has 0 spiro atoms. The molecule has 0 N–H and O–H groups in total. The van der Waals surface area contributed by atoms with E-state index in [1.807, 2.05) is 77.5 Å². The molecule has 28 heavy (non-hydrogen) atoms. The second kappa shape index (κ2) is 7.58. The van der Waals surface area contributed by atoms with Crippen LogP contribution in [0.5, 0.6) is 0 Å². The largest absolute Gasteiger partial charge is 0.285 e. The molecule has 0 atom stereocenters. The first-order valence-electron chi connectivity index (χ1n) is 8.74. The quantitative estimate of drug-likeness (QED) is 0.489. The second-order valence-corrected chi connectivity index (χ2v) is 8.76. The summed E-state index contributed by atoms with van der Waals surface area (Å²) in [6.45, 7) is 1.92. The molecule has 3 aromatic carbocycles. The van der Waals surface area contributed by atoms with Crippen molar-refractivity contribution < 1.29 is 8.42 Å². The van der Waals surface area contributed by atoms with E-state index in [-0.39, 0.29) is 4.90 Å². The SMILES string of the molecule is Cc1ccc(S(=O)(=O)N=c2scc(-c3ccccc3)n2-c2ccccc2)cc1. The number of benzene rings is 3. The van der Waals surface area contributed by atoms with E-state index in [1.165, 1.54) is 11.3 Å². The third kappa shape index (κ3) is 3.69. The molecular weight excluding hydrogens is 388 g/mol. The fourth-order valence-electron chi connectivity index (χ4n) is 2.88. The lowest BCUT2D eigenvalue weighted by atomic mass is 10.1. The summed E-state index contributed by atoms with van der Waals surface area (Å²) in [7, 11) is -3.81. The highest BCUT2D eigenvalue weighted by Gasteiger charge is 2.15. The van der Waals surface area contributed by atoms with Crippen LogP contribution < -0.4 is 4.80 Å². The molecule has 0 radical (unpaired) electrons. The van der Waals surface area contributed by atoms with Crippen molar-refractivity contribution >= 4 is 21.4 Å². The normalized spacial score (nSPS) is 12.2. The third-order valence-corrected chi connectivity index (χ3v) is 6.53. The van der Waals surface area contributed by atoms with Gasteiger partial charge in [0.1, 0.15) is 0 Å². The van der Waals surface area contributed by atoms with Crippen molar-refractivity contribution in [3.05, 3.63) is 101 Å². The van der Waals surface area contributed by atoms with Crippen molar-refractivity contribution in [1.82, 2.24) is 4.57 Å². The molecule has 1 heterocycles. The van der Waals surface area contributed by atoms with Gasteiger partial charge in [0.2, 0.25) is 4.80 Å². The maximum atomic E-state index is 12.9. The number of sulfonamides is 1. The Hall–Kier alpha value is -2.96. The molecule has 4 aromatic rings. The van der Waals surface area contributed by atoms with Crippen LogP contribution in [0.3, 0.4) is 0 Å². The Morgan fingerprint density at radius 1 is 0.821 bits per heavy atom. The lowest BCUT2D eigenvalue weighted by molar-refractivity contribution is 0.596. The van der Waals surface area contributed by atoms with E-state index in [4.69, 9.17) is 0 Å². The van der Waals surface area contributed by atoms with Gasteiger partial charge in [-0.2, -0.15) is 8.42 Å². The number of thiazole rings is 1. The fourth-order valence-corrected chi connectivity index (χ4v) is 4.98. The predicted molar refractivity (Wildman–Crippen MR) is 113 cm³/mol. The highest BCUT2D eigenvalue weighted by Crippen LogP contribution is 2.23. The van der Waals surface area contributed by atoms with Crippen LogP contribution in [-0.4, -0.2) is 13.0 Å². The minimum Gasteiger partial charge on any atom is -0.284 e. The average molecular weight is 407 g/mol. The zero-order valence-corrected chi connectivity index (χ0v) is 16.8. The minimum atomic E-state index is -3.81. The van der Waals surface area contributed by atoms with Crippen molar-refractivity contribution in [2.24, 2.45) is 4.40 Å². The number of aromatic nitrogens is 1. The molecule has 0 fully saturated rings. The molecule has 0 aliphatic carbocycles. The van der Waals surface area contributed by atoms with Crippen molar-refractivity contribution in [3.8, 4) is 16.9 Å². The van der Waals surface area contributed by atoms with Crippen LogP contribution >= 0.6 is 11.3 Å². The summed E-state index contributed by atoms with van der Waals surface area (Å²) in [6.07, 6.45) is 0. The summed E-state index contributed by atoms with van der Waals surface area (Å²) in [5.74, 6) is 0. The van der Waals surface area contributed by atoms with E-state index >= 15 is 0 Å². The number of hydrogen-bond donors (Lipinski definition) is 0. The monoisotopic (exact) mass is 406 g/mol. The molecule has 0 unspecified atom stereocenters. The van der Waals surface area contributed by atoms with Gasteiger partial charge in [-0.05, 0) is 36.8 Å². The van der Waals surface area contributed by atoms with Gasteiger partial charge in [-0.1, -0.05) is 66.2 Å². The number of rotatable bonds is 4. The second-order valence-electron chi connectivity index (χ2n) is 6.32. The number of nitrogens with zero attached hydrogens (tertiary/aromatic N) is 2. The lowest BCUT2D eigenvalue weighted by Crippen LogP contribution is -2.16. The molecule has 6 heteroatoms. The van der Waals surface area contributed by atoms with E-state index in [0.29, 0.717) is 4.80 Å². The average Bonchev–Trinajstić information content (AvgIpc) is 3.12. The first-order chi connectivity index (χ1) is 13.5. The molecule has 0 aliphatic heterocycles. The van der Waals surface area contributed by atoms with Crippen molar-refractivity contribution in [2.45, 2.75) is 11.8 Å². The van der Waals surface area contributed by atoms with Gasteiger partial charge in [0, 0.05) is 11.1 Å². The molecule has 0 aliphatic rings. The van der Waals surface area contributed by atoms with Gasteiger partial charge in [0.25, 0.3) is 10.0 Å². The molecular formula is C22H18N2O2S2. The smallest absolute Gasteiger partial charge is 0.284 e. The Labute approximate surface area is 168 Å². The molecule has 0 amide bonds. The van der Waals surface area contributed by atoms with E-state index in [2.05, 4.69) is 4.40 Å². The predicted octanol–water partition coefficient (Wildman–Crippen LogP) is 4.80. The highest BCUT2D eigenvalue weighted by atomic mass is 32.2. The molecule has 0 saturated heterocycles. The van der Waals surface area contributed by atoms with Crippen molar-refractivity contribution in [3.63, 3.8) is 0 Å². The fraction of sp³-hybridized carbons (Fsp3) is 0.0455. The molecule has 0 saturated carbocycles. The van der Waals surface area contributed by atoms with Crippen LogP contribution in [0.25, 0.3) is 16.9 Å². The van der Waals surface area contributed by atoms with Crippen molar-refractivity contribution in [1.29, 1.82) is 0 Å². The van der Waals surface area contributed by atoms with Gasteiger partial charge in [-0.25, -0.2) is 0 Å². The minimum absolute atomic E-state index is 0.187. The van der Waals surface area contributed by atoms with Gasteiger partial charge in [0.05, 0.1) is 10.6 Å². The topological polar surface area (TPSA) is 51.4 Å². The summed E-state index contributed by atoms with van der Waals surface area (Å²) < 4.78 is 31.8. The first kappa shape index (κ1) is 18.4. The van der Waals surface area contributed by atoms with E-state index in [9.17, 15) is 8.42 Å². The maximum Gasteiger partial charge on any atom is 0.285 e. The molecule has 1 aromatic heterocycles. The molecule has 0 bridgehead atoms. The summed E-state index contributed by atoms with van der Waals surface area (Å²) in [5, 5.41) is 1.94. The third-order valence-electron chi connectivity index (χ3n) is 4.31. The molecule has 4 rings (SSSR count). The Morgan fingerprint density at radius 3 is 2.07 bits per heavy atom. The highest BCUT2D eigenvalue weighted by molar-refractivity contribution is 7.90. The summed E-state index contributed by atoms with van der Waals surface area (Å²) >= 11 is 1.31. The van der Waals surface area contributed by atoms with Crippen molar-refractivity contribution in [2.75, 3.05) is 0 Å². The van der Waals surface area contributed by atoms with Crippen LogP contribution in [0.4, 0.5) is 0 Å². The maximum absolute atomic E-state index is 12.9. The van der Waals surface area contributed by atoms with Crippen LogP contribution in [-0.2, 0) is 10.0 Å². The zero-order chi connectivity index (χ0) is 19.6. The molecule has 140 valence electrons. The zero-order valence-electron chi connectivity index (χ0n) is 15.2. The van der Waals surface area contributed by atoms with Crippen LogP contribution in [0.2, 0.25) is 0 Å². The Kier molecular flexibility index (Phi) is 4.98. The Balaban J connectivity index is 1.94. The number of para-hydroxylation sites is 1. The van der Waals surface area contributed by atoms with Crippen LogP contribution in [0, 0.1) is 6.92 Å². The Morgan fingerprint density at radius 2 is 1.43 bits per heavy atom. The lowest BCUT2D eigenvalue weighted by Gasteiger charge is -2.09. The van der Waals surface area contributed by atoms with Gasteiger partial charge < -0.3 is 0 Å². The van der Waals surface area contributed by atoms with Gasteiger partial charge in [0.15, 0.2) is 0 Å². The van der Waals surface area contributed by atoms with E-state index in [0.717, 1.165) is 22.5 Å². The summed E-state index contributed by atoms with van der Waals surface area (Å²) in [4.78, 5) is 0.595. The van der Waals surface area contributed by atoms with E-state index < -0.39 is 10.0 Å². The van der Waals surface area contributed by atoms with Crippen LogP contribution in [0.15, 0.2) is 99.6 Å².